The first-order chi connectivity index (χ1) is 13.1. The number of benzene rings is 1. The largest absolute Gasteiger partial charge is 0.493 e. The molecule has 27 heavy (non-hydrogen) atoms. The maximum absolute atomic E-state index is 12.4. The van der Waals surface area contributed by atoms with Crippen LogP contribution >= 0.6 is 23.1 Å². The highest BCUT2D eigenvalue weighted by molar-refractivity contribution is 7.98. The Morgan fingerprint density at radius 1 is 1.11 bits per heavy atom. The van der Waals surface area contributed by atoms with Crippen LogP contribution in [0, 0.1) is 0 Å². The maximum Gasteiger partial charge on any atom is 0.225 e. The van der Waals surface area contributed by atoms with Crippen LogP contribution in [0.3, 0.4) is 0 Å². The summed E-state index contributed by atoms with van der Waals surface area (Å²) in [6.07, 6.45) is 0. The van der Waals surface area contributed by atoms with E-state index in [9.17, 15) is 4.39 Å². The zero-order chi connectivity index (χ0) is 19.2. The number of methoxy groups -OCH3 is 1. The molecule has 2 heterocycles. The van der Waals surface area contributed by atoms with Crippen molar-refractivity contribution in [1.29, 1.82) is 0 Å². The Bertz CT molecular complexity index is 903. The molecule has 4 N–H and O–H groups in total. The molecule has 0 aliphatic heterocycles. The van der Waals surface area contributed by atoms with Crippen molar-refractivity contribution in [2.24, 2.45) is 0 Å². The zero-order valence-corrected chi connectivity index (χ0v) is 16.0. The first kappa shape index (κ1) is 19.1. The summed E-state index contributed by atoms with van der Waals surface area (Å²) in [6, 6.07) is 5.44. The molecule has 142 valence electrons. The summed E-state index contributed by atoms with van der Waals surface area (Å²) in [6.45, 7) is -0.601. The molecule has 8 nitrogen and oxygen atoms in total. The number of aromatic nitrogens is 4. The zero-order valence-electron chi connectivity index (χ0n) is 14.4. The van der Waals surface area contributed by atoms with Crippen LogP contribution < -0.4 is 20.9 Å². The van der Waals surface area contributed by atoms with Crippen LogP contribution in [0.5, 0.6) is 11.5 Å². The van der Waals surface area contributed by atoms with Gasteiger partial charge in [-0.15, -0.1) is 11.3 Å². The van der Waals surface area contributed by atoms with Crippen molar-refractivity contribution in [3.63, 3.8) is 0 Å². The highest BCUT2D eigenvalue weighted by atomic mass is 32.2. The number of nitrogens with two attached hydrogens (primary N) is 2. The molecule has 0 aliphatic rings. The normalized spacial score (nSPS) is 10.7. The quantitative estimate of drug-likeness (QED) is 0.542. The second kappa shape index (κ2) is 8.82. The third kappa shape index (κ3) is 4.95. The van der Waals surface area contributed by atoms with Gasteiger partial charge in [-0.05, 0) is 18.2 Å². The SMILES string of the molecule is COc1ccc(-c2nc(CSc3nc(N)nc(N)n3)cs2)cc1OCCF. The van der Waals surface area contributed by atoms with Gasteiger partial charge in [0.1, 0.15) is 18.3 Å². The summed E-state index contributed by atoms with van der Waals surface area (Å²) < 4.78 is 23.0. The van der Waals surface area contributed by atoms with Gasteiger partial charge in [-0.1, -0.05) is 11.8 Å². The molecule has 1 aromatic carbocycles. The predicted octanol–water partition coefficient (Wildman–Crippen LogP) is 2.81. The van der Waals surface area contributed by atoms with Gasteiger partial charge < -0.3 is 20.9 Å². The third-order valence-electron chi connectivity index (χ3n) is 3.30. The molecule has 3 aromatic rings. The predicted molar refractivity (Wildman–Crippen MR) is 104 cm³/mol. The molecule has 11 heteroatoms. The number of thioether (sulfide) groups is 1. The highest BCUT2D eigenvalue weighted by Gasteiger charge is 2.11. The summed E-state index contributed by atoms with van der Waals surface area (Å²) in [5.74, 6) is 1.76. The van der Waals surface area contributed by atoms with Crippen molar-refractivity contribution < 1.29 is 13.9 Å². The Hall–Kier alpha value is -2.66. The minimum absolute atomic E-state index is 0.0300. The van der Waals surface area contributed by atoms with Crippen molar-refractivity contribution in [1.82, 2.24) is 19.9 Å². The van der Waals surface area contributed by atoms with Crippen molar-refractivity contribution in [2.75, 3.05) is 31.9 Å². The fourth-order valence-electron chi connectivity index (χ4n) is 2.17. The molecule has 0 saturated carbocycles. The van der Waals surface area contributed by atoms with E-state index in [1.54, 1.807) is 12.1 Å². The molecule has 3 rings (SSSR count). The second-order valence-corrected chi connectivity index (χ2v) is 6.97. The lowest BCUT2D eigenvalue weighted by Gasteiger charge is -2.10. The van der Waals surface area contributed by atoms with E-state index in [0.717, 1.165) is 16.3 Å². The fraction of sp³-hybridized carbons (Fsp3) is 0.250. The van der Waals surface area contributed by atoms with Gasteiger partial charge >= 0.3 is 0 Å². The van der Waals surface area contributed by atoms with E-state index in [-0.39, 0.29) is 18.5 Å². The lowest BCUT2D eigenvalue weighted by Crippen LogP contribution is -2.03. The Morgan fingerprint density at radius 3 is 2.59 bits per heavy atom. The first-order valence-electron chi connectivity index (χ1n) is 7.80. The van der Waals surface area contributed by atoms with Crippen molar-refractivity contribution in [3.8, 4) is 22.1 Å². The number of nitrogens with zero attached hydrogens (tertiary/aromatic N) is 4. The summed E-state index contributed by atoms with van der Waals surface area (Å²) in [7, 11) is 1.54. The van der Waals surface area contributed by atoms with Crippen LogP contribution in [0.15, 0.2) is 28.7 Å². The standard InChI is InChI=1S/C16H17FN6O2S2/c1-24-11-3-2-9(6-12(11)25-5-4-17)13-20-10(7-26-13)8-27-16-22-14(18)21-15(19)23-16/h2-3,6-7H,4-5,8H2,1H3,(H4,18,19,21,22,23). The lowest BCUT2D eigenvalue weighted by atomic mass is 10.2. The fourth-order valence-corrected chi connectivity index (χ4v) is 3.83. The van der Waals surface area contributed by atoms with E-state index in [2.05, 4.69) is 19.9 Å². The second-order valence-electron chi connectivity index (χ2n) is 5.17. The van der Waals surface area contributed by atoms with E-state index < -0.39 is 6.67 Å². The summed E-state index contributed by atoms with van der Waals surface area (Å²) in [5, 5.41) is 3.21. The number of thiazole rings is 1. The molecular weight excluding hydrogens is 391 g/mol. The number of alkyl halides is 1. The number of hydrogen-bond acceptors (Lipinski definition) is 10. The minimum atomic E-state index is -0.571. The van der Waals surface area contributed by atoms with Gasteiger partial charge in [0.2, 0.25) is 11.9 Å². The number of ether oxygens (including phenoxy) is 2. The van der Waals surface area contributed by atoms with Gasteiger partial charge in [-0.25, -0.2) is 9.37 Å². The molecular formula is C16H17FN6O2S2. The van der Waals surface area contributed by atoms with Gasteiger partial charge in [0.25, 0.3) is 0 Å². The van der Waals surface area contributed by atoms with E-state index in [0.29, 0.717) is 22.4 Å². The summed E-state index contributed by atoms with van der Waals surface area (Å²) >= 11 is 2.86. The topological polar surface area (TPSA) is 122 Å². The molecule has 0 atom stereocenters. The molecule has 0 spiro atoms. The Kier molecular flexibility index (Phi) is 6.24. The smallest absolute Gasteiger partial charge is 0.225 e. The molecule has 2 aromatic heterocycles. The number of anilines is 2. The van der Waals surface area contributed by atoms with Crippen molar-refractivity contribution in [3.05, 3.63) is 29.3 Å². The van der Waals surface area contributed by atoms with Crippen LogP contribution in [-0.2, 0) is 5.75 Å². The summed E-state index contributed by atoms with van der Waals surface area (Å²) in [4.78, 5) is 16.4. The Balaban J connectivity index is 1.73. The molecule has 0 amide bonds. The van der Waals surface area contributed by atoms with E-state index in [1.165, 1.54) is 30.2 Å². The van der Waals surface area contributed by atoms with Crippen LogP contribution in [0.4, 0.5) is 16.3 Å². The highest BCUT2D eigenvalue weighted by Crippen LogP contribution is 2.34. The van der Waals surface area contributed by atoms with Crippen LogP contribution in [0.25, 0.3) is 10.6 Å². The molecule has 0 aliphatic carbocycles. The van der Waals surface area contributed by atoms with Crippen LogP contribution in [0.2, 0.25) is 0 Å². The average molecular weight is 408 g/mol. The van der Waals surface area contributed by atoms with Gasteiger partial charge in [0.05, 0.1) is 12.8 Å². The number of rotatable bonds is 8. The Labute approximate surface area is 163 Å². The number of halogens is 1. The van der Waals surface area contributed by atoms with Gasteiger partial charge in [-0.3, -0.25) is 0 Å². The van der Waals surface area contributed by atoms with E-state index in [1.807, 2.05) is 11.4 Å². The monoisotopic (exact) mass is 408 g/mol. The maximum atomic E-state index is 12.4. The first-order valence-corrected chi connectivity index (χ1v) is 9.67. The number of hydrogen-bond donors (Lipinski definition) is 2. The van der Waals surface area contributed by atoms with Crippen LogP contribution in [-0.4, -0.2) is 40.3 Å². The van der Waals surface area contributed by atoms with Gasteiger partial charge in [0.15, 0.2) is 16.7 Å². The van der Waals surface area contributed by atoms with E-state index >= 15 is 0 Å². The third-order valence-corrected chi connectivity index (χ3v) is 5.12. The molecule has 0 saturated heterocycles. The minimum Gasteiger partial charge on any atom is -0.493 e. The molecule has 0 unspecified atom stereocenters. The van der Waals surface area contributed by atoms with Gasteiger partial charge in [0, 0.05) is 16.7 Å². The number of nitrogen functional groups attached to an aromatic ring is 2. The molecule has 0 radical (unpaired) electrons. The lowest BCUT2D eigenvalue weighted by molar-refractivity contribution is 0.260. The van der Waals surface area contributed by atoms with Gasteiger partial charge in [-0.2, -0.15) is 15.0 Å². The van der Waals surface area contributed by atoms with Crippen LogP contribution in [0.1, 0.15) is 5.69 Å². The Morgan fingerprint density at radius 2 is 1.89 bits per heavy atom. The van der Waals surface area contributed by atoms with E-state index in [4.69, 9.17) is 20.9 Å². The molecule has 0 bridgehead atoms. The summed E-state index contributed by atoms with van der Waals surface area (Å²) in [5.41, 5.74) is 12.9. The van der Waals surface area contributed by atoms with Crippen molar-refractivity contribution in [2.45, 2.75) is 10.9 Å². The van der Waals surface area contributed by atoms with Crippen molar-refractivity contribution >= 4 is 35.0 Å². The average Bonchev–Trinajstić information content (AvgIpc) is 3.13. The molecule has 0 fully saturated rings.